The summed E-state index contributed by atoms with van der Waals surface area (Å²) in [4.78, 5) is 35.3. The predicted molar refractivity (Wildman–Crippen MR) is 125 cm³/mol. The van der Waals surface area contributed by atoms with Gasteiger partial charge in [0.25, 0.3) is 5.69 Å². The average Bonchev–Trinajstić information content (AvgIpc) is 3.66. The first-order valence-electron chi connectivity index (χ1n) is 11.1. The minimum atomic E-state index is -0.684. The van der Waals surface area contributed by atoms with Crippen LogP contribution in [0, 0.1) is 10.1 Å². The lowest BCUT2D eigenvalue weighted by molar-refractivity contribution is -0.384. The lowest BCUT2D eigenvalue weighted by atomic mass is 10.1. The van der Waals surface area contributed by atoms with E-state index in [1.807, 2.05) is 35.2 Å². The smallest absolute Gasteiger partial charge is 0.293 e. The average molecular weight is 447 g/mol. The normalized spacial score (nSPS) is 16.9. The third kappa shape index (κ3) is 4.56. The highest BCUT2D eigenvalue weighted by Crippen LogP contribution is 2.35. The Hall–Kier alpha value is -3.79. The van der Waals surface area contributed by atoms with Crippen LogP contribution < -0.4 is 20.9 Å². The molecule has 2 heterocycles. The van der Waals surface area contributed by atoms with E-state index in [9.17, 15) is 14.9 Å². The Morgan fingerprint density at radius 3 is 2.61 bits per heavy atom. The molecule has 1 atom stereocenters. The molecular weight excluding hydrogens is 422 g/mol. The quantitative estimate of drug-likeness (QED) is 0.372. The third-order valence-corrected chi connectivity index (χ3v) is 5.99. The second-order valence-electron chi connectivity index (χ2n) is 8.35. The Morgan fingerprint density at radius 1 is 1.15 bits per heavy atom. The summed E-state index contributed by atoms with van der Waals surface area (Å²) in [6, 6.07) is 12.2. The molecular formula is C23H25N7O3. The second kappa shape index (κ2) is 8.99. The number of carbonyl (C=O) groups excluding carboxylic acids is 1. The van der Waals surface area contributed by atoms with Gasteiger partial charge in [0.2, 0.25) is 5.91 Å². The van der Waals surface area contributed by atoms with Gasteiger partial charge in [0.15, 0.2) is 0 Å². The summed E-state index contributed by atoms with van der Waals surface area (Å²) in [5.41, 5.74) is 1.92. The zero-order valence-electron chi connectivity index (χ0n) is 18.0. The van der Waals surface area contributed by atoms with Crippen molar-refractivity contribution in [1.29, 1.82) is 0 Å². The molecule has 2 aromatic carbocycles. The number of fused-ring (bicyclic) bond motifs is 1. The molecule has 3 aromatic rings. The molecule has 170 valence electrons. The van der Waals surface area contributed by atoms with Gasteiger partial charge in [0.05, 0.1) is 10.4 Å². The van der Waals surface area contributed by atoms with Crippen LogP contribution in [0.3, 0.4) is 0 Å². The van der Waals surface area contributed by atoms with Crippen LogP contribution in [0.15, 0.2) is 48.8 Å². The monoisotopic (exact) mass is 447 g/mol. The summed E-state index contributed by atoms with van der Waals surface area (Å²) in [6.45, 7) is 2.89. The number of hydrogen-bond donors (Lipinski definition) is 3. The van der Waals surface area contributed by atoms with E-state index in [4.69, 9.17) is 0 Å². The standard InChI is InChI=1S/C23H25N7O3/c31-23(27-16-6-7-16)21(15-4-2-1-3-5-15)28-22-17-12-20(30(32)33)19(13-18(17)25-14-26-22)29-10-8-24-9-11-29/h1-5,12-14,16,21,24H,6-11H2,(H,27,31)(H,25,26,28). The molecule has 1 unspecified atom stereocenters. The number of rotatable bonds is 7. The van der Waals surface area contributed by atoms with Gasteiger partial charge in [-0.3, -0.25) is 14.9 Å². The number of nitro benzene ring substituents is 1. The minimum absolute atomic E-state index is 0.000873. The summed E-state index contributed by atoms with van der Waals surface area (Å²) in [7, 11) is 0. The van der Waals surface area contributed by atoms with Crippen molar-refractivity contribution in [3.8, 4) is 0 Å². The molecule has 5 rings (SSSR count). The van der Waals surface area contributed by atoms with Crippen LogP contribution in [-0.2, 0) is 4.79 Å². The zero-order chi connectivity index (χ0) is 22.8. The topological polar surface area (TPSA) is 125 Å². The summed E-state index contributed by atoms with van der Waals surface area (Å²) >= 11 is 0. The van der Waals surface area contributed by atoms with E-state index in [1.165, 1.54) is 12.4 Å². The van der Waals surface area contributed by atoms with Crippen molar-refractivity contribution >= 4 is 34.0 Å². The van der Waals surface area contributed by atoms with Gasteiger partial charge in [-0.1, -0.05) is 30.3 Å². The number of nitrogens with zero attached hydrogens (tertiary/aromatic N) is 4. The highest BCUT2D eigenvalue weighted by atomic mass is 16.6. The summed E-state index contributed by atoms with van der Waals surface area (Å²) in [5, 5.41) is 22.0. The van der Waals surface area contributed by atoms with Crippen LogP contribution in [0.2, 0.25) is 0 Å². The molecule has 0 bridgehead atoms. The molecule has 1 saturated carbocycles. The minimum Gasteiger partial charge on any atom is -0.363 e. The van der Waals surface area contributed by atoms with E-state index in [1.54, 1.807) is 6.07 Å². The van der Waals surface area contributed by atoms with Crippen molar-refractivity contribution in [2.24, 2.45) is 0 Å². The van der Waals surface area contributed by atoms with Crippen LogP contribution in [-0.4, -0.2) is 53.0 Å². The van der Waals surface area contributed by atoms with Crippen molar-refractivity contribution in [1.82, 2.24) is 20.6 Å². The van der Waals surface area contributed by atoms with Gasteiger partial charge in [-0.05, 0) is 24.5 Å². The molecule has 33 heavy (non-hydrogen) atoms. The van der Waals surface area contributed by atoms with E-state index < -0.39 is 6.04 Å². The fraction of sp³-hybridized carbons (Fsp3) is 0.348. The van der Waals surface area contributed by atoms with E-state index >= 15 is 0 Å². The Bertz CT molecular complexity index is 1180. The summed E-state index contributed by atoms with van der Waals surface area (Å²) in [6.07, 6.45) is 3.37. The van der Waals surface area contributed by atoms with Gasteiger partial charge >= 0.3 is 0 Å². The SMILES string of the molecule is O=C(NC1CC1)C(Nc1ncnc2cc(N3CCNCC3)c([N+](=O)[O-])cc12)c1ccccc1. The fourth-order valence-electron chi connectivity index (χ4n) is 4.10. The number of hydrogen-bond acceptors (Lipinski definition) is 8. The fourth-order valence-corrected chi connectivity index (χ4v) is 4.10. The maximum Gasteiger partial charge on any atom is 0.293 e. The number of nitro groups is 1. The first-order chi connectivity index (χ1) is 16.1. The zero-order valence-corrected chi connectivity index (χ0v) is 18.0. The van der Waals surface area contributed by atoms with Gasteiger partial charge in [0, 0.05) is 43.7 Å². The number of anilines is 2. The molecule has 1 amide bonds. The molecule has 1 aromatic heterocycles. The van der Waals surface area contributed by atoms with Crippen LogP contribution in [0.5, 0.6) is 0 Å². The Kier molecular flexibility index (Phi) is 5.74. The van der Waals surface area contributed by atoms with E-state index in [2.05, 4.69) is 25.9 Å². The summed E-state index contributed by atoms with van der Waals surface area (Å²) in [5.74, 6) is 0.233. The predicted octanol–water partition coefficient (Wildman–Crippen LogP) is 2.38. The molecule has 3 N–H and O–H groups in total. The van der Waals surface area contributed by atoms with Crippen LogP contribution in [0.1, 0.15) is 24.4 Å². The number of piperazine rings is 1. The molecule has 10 nitrogen and oxygen atoms in total. The number of carbonyl (C=O) groups is 1. The lowest BCUT2D eigenvalue weighted by Crippen LogP contribution is -2.43. The molecule has 1 aliphatic heterocycles. The van der Waals surface area contributed by atoms with Gasteiger partial charge in [-0.25, -0.2) is 9.97 Å². The van der Waals surface area contributed by atoms with Crippen molar-refractivity contribution in [2.45, 2.75) is 24.9 Å². The number of aromatic nitrogens is 2. The molecule has 1 saturated heterocycles. The Morgan fingerprint density at radius 2 is 1.91 bits per heavy atom. The third-order valence-electron chi connectivity index (χ3n) is 5.99. The molecule has 2 aliphatic rings. The highest BCUT2D eigenvalue weighted by molar-refractivity contribution is 5.96. The Balaban J connectivity index is 1.54. The number of amides is 1. The van der Waals surface area contributed by atoms with Gasteiger partial charge in [-0.2, -0.15) is 0 Å². The van der Waals surface area contributed by atoms with Crippen LogP contribution in [0.25, 0.3) is 10.9 Å². The van der Waals surface area contributed by atoms with Crippen molar-refractivity contribution in [3.05, 3.63) is 64.5 Å². The van der Waals surface area contributed by atoms with E-state index in [-0.39, 0.29) is 22.6 Å². The van der Waals surface area contributed by atoms with Crippen molar-refractivity contribution in [2.75, 3.05) is 36.4 Å². The lowest BCUT2D eigenvalue weighted by Gasteiger charge is -2.29. The molecule has 10 heteroatoms. The second-order valence-corrected chi connectivity index (χ2v) is 8.35. The van der Waals surface area contributed by atoms with Gasteiger partial charge in [-0.15, -0.1) is 0 Å². The molecule has 1 aliphatic carbocycles. The Labute approximate surface area is 190 Å². The highest BCUT2D eigenvalue weighted by Gasteiger charge is 2.30. The molecule has 2 fully saturated rings. The largest absolute Gasteiger partial charge is 0.363 e. The van der Waals surface area contributed by atoms with Gasteiger partial charge < -0.3 is 20.9 Å². The van der Waals surface area contributed by atoms with Crippen LogP contribution in [0.4, 0.5) is 17.2 Å². The first-order valence-corrected chi connectivity index (χ1v) is 11.1. The van der Waals surface area contributed by atoms with Crippen molar-refractivity contribution in [3.63, 3.8) is 0 Å². The molecule has 0 radical (unpaired) electrons. The first kappa shape index (κ1) is 21.1. The summed E-state index contributed by atoms with van der Waals surface area (Å²) < 4.78 is 0. The maximum absolute atomic E-state index is 13.0. The number of benzene rings is 2. The van der Waals surface area contributed by atoms with Gasteiger partial charge in [0.1, 0.15) is 23.9 Å². The van der Waals surface area contributed by atoms with Crippen molar-refractivity contribution < 1.29 is 9.72 Å². The van der Waals surface area contributed by atoms with E-state index in [0.717, 1.165) is 31.5 Å². The van der Waals surface area contributed by atoms with E-state index in [0.29, 0.717) is 35.5 Å². The van der Waals surface area contributed by atoms with Crippen LogP contribution >= 0.6 is 0 Å². The number of nitrogens with one attached hydrogen (secondary N) is 3. The molecule has 0 spiro atoms. The maximum atomic E-state index is 13.0.